The van der Waals surface area contributed by atoms with E-state index in [1.807, 2.05) is 0 Å². The summed E-state index contributed by atoms with van der Waals surface area (Å²) in [5.74, 6) is 0. The van der Waals surface area contributed by atoms with E-state index in [0.717, 1.165) is 0 Å². The van der Waals surface area contributed by atoms with E-state index in [-0.39, 0.29) is 0 Å². The molecule has 1 aromatic carbocycles. The SMILES string of the molecule is CCC1(CNC2CCc3c(Br)cccc32)CCCC1. The van der Waals surface area contributed by atoms with E-state index in [1.165, 1.54) is 67.1 Å². The Bertz CT molecular complexity index is 449. The van der Waals surface area contributed by atoms with Crippen LogP contribution in [0.5, 0.6) is 0 Å². The second-order valence-electron chi connectivity index (χ2n) is 6.34. The Morgan fingerprint density at radius 3 is 2.84 bits per heavy atom. The number of halogens is 1. The third-order valence-corrected chi connectivity index (χ3v) is 6.09. The third-order valence-electron chi connectivity index (χ3n) is 5.35. The number of hydrogen-bond donors (Lipinski definition) is 1. The van der Waals surface area contributed by atoms with Gasteiger partial charge in [-0.15, -0.1) is 0 Å². The molecule has 1 saturated carbocycles. The molecule has 2 aliphatic rings. The molecule has 1 aromatic rings. The van der Waals surface area contributed by atoms with E-state index in [1.54, 1.807) is 0 Å². The molecule has 2 aliphatic carbocycles. The second kappa shape index (κ2) is 5.57. The lowest BCUT2D eigenvalue weighted by Gasteiger charge is -2.30. The second-order valence-corrected chi connectivity index (χ2v) is 7.19. The van der Waals surface area contributed by atoms with Crippen LogP contribution in [-0.2, 0) is 6.42 Å². The van der Waals surface area contributed by atoms with Crippen molar-refractivity contribution in [2.75, 3.05) is 6.54 Å². The fraction of sp³-hybridized carbons (Fsp3) is 0.647. The van der Waals surface area contributed by atoms with Crippen LogP contribution in [0.15, 0.2) is 22.7 Å². The molecule has 0 heterocycles. The predicted octanol–water partition coefficient (Wildman–Crippen LogP) is 5.00. The van der Waals surface area contributed by atoms with E-state index >= 15 is 0 Å². The minimum atomic E-state index is 0.580. The lowest BCUT2D eigenvalue weighted by molar-refractivity contribution is 0.255. The van der Waals surface area contributed by atoms with Gasteiger partial charge in [0.05, 0.1) is 0 Å². The Balaban J connectivity index is 1.68. The van der Waals surface area contributed by atoms with Crippen molar-refractivity contribution in [2.24, 2.45) is 5.41 Å². The van der Waals surface area contributed by atoms with Gasteiger partial charge in [0, 0.05) is 17.1 Å². The molecule has 19 heavy (non-hydrogen) atoms. The predicted molar refractivity (Wildman–Crippen MR) is 84.4 cm³/mol. The Labute approximate surface area is 125 Å². The van der Waals surface area contributed by atoms with Crippen LogP contribution in [0.1, 0.15) is 62.6 Å². The molecule has 2 heteroatoms. The van der Waals surface area contributed by atoms with Crippen LogP contribution >= 0.6 is 15.9 Å². The molecule has 0 aliphatic heterocycles. The highest BCUT2D eigenvalue weighted by Gasteiger charge is 2.33. The van der Waals surface area contributed by atoms with Crippen molar-refractivity contribution in [3.63, 3.8) is 0 Å². The van der Waals surface area contributed by atoms with E-state index < -0.39 is 0 Å². The summed E-state index contributed by atoms with van der Waals surface area (Å²) in [6, 6.07) is 7.23. The quantitative estimate of drug-likeness (QED) is 0.823. The van der Waals surface area contributed by atoms with Crippen molar-refractivity contribution in [3.05, 3.63) is 33.8 Å². The minimum absolute atomic E-state index is 0.580. The molecule has 0 aromatic heterocycles. The molecule has 0 radical (unpaired) electrons. The van der Waals surface area contributed by atoms with E-state index in [9.17, 15) is 0 Å². The zero-order chi connectivity index (χ0) is 13.3. The van der Waals surface area contributed by atoms with Gasteiger partial charge in [0.1, 0.15) is 0 Å². The summed E-state index contributed by atoms with van der Waals surface area (Å²) in [6.07, 6.45) is 9.52. The van der Waals surface area contributed by atoms with Crippen LogP contribution in [0.2, 0.25) is 0 Å². The molecule has 1 unspecified atom stereocenters. The summed E-state index contributed by atoms with van der Waals surface area (Å²) in [6.45, 7) is 3.58. The number of benzene rings is 1. The van der Waals surface area contributed by atoms with Crippen molar-refractivity contribution in [2.45, 2.75) is 57.9 Å². The molecule has 1 N–H and O–H groups in total. The number of hydrogen-bond acceptors (Lipinski definition) is 1. The van der Waals surface area contributed by atoms with Gasteiger partial charge in [-0.25, -0.2) is 0 Å². The van der Waals surface area contributed by atoms with Crippen LogP contribution in [-0.4, -0.2) is 6.54 Å². The molecular weight excluding hydrogens is 298 g/mol. The molecule has 1 atom stereocenters. The van der Waals surface area contributed by atoms with Gasteiger partial charge in [-0.05, 0) is 54.7 Å². The summed E-state index contributed by atoms with van der Waals surface area (Å²) in [4.78, 5) is 0. The Kier molecular flexibility index (Phi) is 4.00. The van der Waals surface area contributed by atoms with Gasteiger partial charge in [0.25, 0.3) is 0 Å². The van der Waals surface area contributed by atoms with Crippen LogP contribution in [0.3, 0.4) is 0 Å². The first-order valence-corrected chi connectivity index (χ1v) is 8.54. The summed E-state index contributed by atoms with van der Waals surface area (Å²) in [5.41, 5.74) is 3.64. The highest BCUT2D eigenvalue weighted by atomic mass is 79.9. The topological polar surface area (TPSA) is 12.0 Å². The first-order valence-electron chi connectivity index (χ1n) is 7.75. The molecular formula is C17H24BrN. The summed E-state index contributed by atoms with van der Waals surface area (Å²) in [5, 5.41) is 3.88. The van der Waals surface area contributed by atoms with Gasteiger partial charge in [0.15, 0.2) is 0 Å². The van der Waals surface area contributed by atoms with Crippen molar-refractivity contribution in [3.8, 4) is 0 Å². The highest BCUT2D eigenvalue weighted by Crippen LogP contribution is 2.42. The fourth-order valence-electron chi connectivity index (χ4n) is 3.94. The zero-order valence-corrected chi connectivity index (χ0v) is 13.4. The molecule has 1 nitrogen and oxygen atoms in total. The minimum Gasteiger partial charge on any atom is -0.309 e. The largest absolute Gasteiger partial charge is 0.309 e. The van der Waals surface area contributed by atoms with Gasteiger partial charge in [0.2, 0.25) is 0 Å². The average molecular weight is 322 g/mol. The van der Waals surface area contributed by atoms with Gasteiger partial charge >= 0.3 is 0 Å². The molecule has 104 valence electrons. The smallest absolute Gasteiger partial charge is 0.0326 e. The molecule has 1 fully saturated rings. The molecule has 0 amide bonds. The summed E-state index contributed by atoms with van der Waals surface area (Å²) >= 11 is 3.69. The first kappa shape index (κ1) is 13.6. The number of rotatable bonds is 4. The van der Waals surface area contributed by atoms with Crippen molar-refractivity contribution in [1.29, 1.82) is 0 Å². The van der Waals surface area contributed by atoms with E-state index in [4.69, 9.17) is 0 Å². The van der Waals surface area contributed by atoms with E-state index in [0.29, 0.717) is 11.5 Å². The highest BCUT2D eigenvalue weighted by molar-refractivity contribution is 9.10. The van der Waals surface area contributed by atoms with Gasteiger partial charge < -0.3 is 5.32 Å². The monoisotopic (exact) mass is 321 g/mol. The Morgan fingerprint density at radius 1 is 1.32 bits per heavy atom. The van der Waals surface area contributed by atoms with Gasteiger partial charge in [-0.3, -0.25) is 0 Å². The summed E-state index contributed by atoms with van der Waals surface area (Å²) < 4.78 is 1.29. The Hall–Kier alpha value is -0.340. The lowest BCUT2D eigenvalue weighted by Crippen LogP contribution is -2.33. The number of fused-ring (bicyclic) bond motifs is 1. The third kappa shape index (κ3) is 2.62. The fourth-order valence-corrected chi connectivity index (χ4v) is 4.52. The average Bonchev–Trinajstić information content (AvgIpc) is 3.04. The molecule has 0 bridgehead atoms. The molecule has 0 spiro atoms. The molecule has 0 saturated heterocycles. The zero-order valence-electron chi connectivity index (χ0n) is 11.8. The van der Waals surface area contributed by atoms with Crippen LogP contribution < -0.4 is 5.32 Å². The van der Waals surface area contributed by atoms with Gasteiger partial charge in [-0.2, -0.15) is 0 Å². The first-order chi connectivity index (χ1) is 9.24. The van der Waals surface area contributed by atoms with Crippen molar-refractivity contribution in [1.82, 2.24) is 5.32 Å². The van der Waals surface area contributed by atoms with Crippen LogP contribution in [0.25, 0.3) is 0 Å². The maximum atomic E-state index is 3.88. The van der Waals surface area contributed by atoms with Crippen molar-refractivity contribution >= 4 is 15.9 Å². The summed E-state index contributed by atoms with van der Waals surface area (Å²) in [7, 11) is 0. The van der Waals surface area contributed by atoms with Crippen LogP contribution in [0.4, 0.5) is 0 Å². The maximum absolute atomic E-state index is 3.88. The Morgan fingerprint density at radius 2 is 2.11 bits per heavy atom. The number of nitrogens with one attached hydrogen (secondary N) is 1. The van der Waals surface area contributed by atoms with E-state index in [2.05, 4.69) is 46.4 Å². The maximum Gasteiger partial charge on any atom is 0.0326 e. The normalized spacial score (nSPS) is 24.6. The van der Waals surface area contributed by atoms with Gasteiger partial charge in [-0.1, -0.05) is 47.8 Å². The standard InChI is InChI=1S/C17H24BrN/c1-2-17(10-3-4-11-17)12-19-16-9-8-13-14(16)6-5-7-15(13)18/h5-7,16,19H,2-4,8-12H2,1H3. The van der Waals surface area contributed by atoms with Crippen LogP contribution in [0, 0.1) is 5.41 Å². The van der Waals surface area contributed by atoms with Crippen molar-refractivity contribution < 1.29 is 0 Å². The molecule has 3 rings (SSSR count). The lowest BCUT2D eigenvalue weighted by atomic mass is 9.83.